The summed E-state index contributed by atoms with van der Waals surface area (Å²) >= 11 is 0. The van der Waals surface area contributed by atoms with Gasteiger partial charge in [0.05, 0.1) is 6.21 Å². The summed E-state index contributed by atoms with van der Waals surface area (Å²) in [5.41, 5.74) is 4.10. The molecule has 3 N–H and O–H groups in total. The zero-order chi connectivity index (χ0) is 17.4. The second kappa shape index (κ2) is 8.33. The second-order valence-corrected chi connectivity index (χ2v) is 4.97. The summed E-state index contributed by atoms with van der Waals surface area (Å²) in [6, 6.07) is 12.0. The number of phenols is 2. The van der Waals surface area contributed by atoms with Gasteiger partial charge in [-0.3, -0.25) is 4.79 Å². The van der Waals surface area contributed by atoms with Crippen LogP contribution in [0.1, 0.15) is 16.7 Å². The SMILES string of the molecule is C=CCc1cccc(C=NNC(=O)/C=C/c2ccccc2O)c1O. The second-order valence-electron chi connectivity index (χ2n) is 4.97. The third-order valence-corrected chi connectivity index (χ3v) is 3.24. The molecule has 0 saturated heterocycles. The molecule has 0 aliphatic carbocycles. The molecule has 0 aliphatic rings. The van der Waals surface area contributed by atoms with Crippen LogP contribution >= 0.6 is 0 Å². The lowest BCUT2D eigenvalue weighted by molar-refractivity contribution is -0.116. The number of hydrogen-bond donors (Lipinski definition) is 3. The van der Waals surface area contributed by atoms with Crippen LogP contribution in [0.15, 0.2) is 66.3 Å². The van der Waals surface area contributed by atoms with Gasteiger partial charge in [-0.25, -0.2) is 5.43 Å². The number of hydrazone groups is 1. The molecule has 0 bridgehead atoms. The first-order valence-corrected chi connectivity index (χ1v) is 7.32. The molecule has 1 amide bonds. The third-order valence-electron chi connectivity index (χ3n) is 3.24. The van der Waals surface area contributed by atoms with E-state index in [9.17, 15) is 15.0 Å². The zero-order valence-corrected chi connectivity index (χ0v) is 13.0. The number of amides is 1. The van der Waals surface area contributed by atoms with Crippen LogP contribution in [-0.2, 0) is 11.2 Å². The van der Waals surface area contributed by atoms with Gasteiger partial charge in [-0.15, -0.1) is 6.58 Å². The molecule has 0 aliphatic heterocycles. The number of nitrogens with zero attached hydrogens (tertiary/aromatic N) is 1. The summed E-state index contributed by atoms with van der Waals surface area (Å²) in [7, 11) is 0. The molecule has 0 radical (unpaired) electrons. The lowest BCUT2D eigenvalue weighted by Gasteiger charge is -2.04. The highest BCUT2D eigenvalue weighted by Gasteiger charge is 2.03. The minimum absolute atomic E-state index is 0.0917. The van der Waals surface area contributed by atoms with Crippen molar-refractivity contribution in [1.82, 2.24) is 5.43 Å². The van der Waals surface area contributed by atoms with Gasteiger partial charge in [0.25, 0.3) is 5.91 Å². The lowest BCUT2D eigenvalue weighted by atomic mass is 10.1. The Morgan fingerprint density at radius 3 is 2.62 bits per heavy atom. The first-order valence-electron chi connectivity index (χ1n) is 7.32. The highest BCUT2D eigenvalue weighted by Crippen LogP contribution is 2.21. The Hall–Kier alpha value is -3.34. The molecule has 0 fully saturated rings. The molecule has 2 aromatic rings. The first-order chi connectivity index (χ1) is 11.6. The number of nitrogens with one attached hydrogen (secondary N) is 1. The normalized spacial score (nSPS) is 11.0. The zero-order valence-electron chi connectivity index (χ0n) is 13.0. The van der Waals surface area contributed by atoms with E-state index in [2.05, 4.69) is 17.1 Å². The monoisotopic (exact) mass is 322 g/mol. The largest absolute Gasteiger partial charge is 0.507 e. The molecular formula is C19H18N2O3. The fraction of sp³-hybridized carbons (Fsp3) is 0.0526. The standard InChI is InChI=1S/C19H18N2O3/c1-2-6-15-8-5-9-16(19(15)24)13-20-21-18(23)12-11-14-7-3-4-10-17(14)22/h2-5,7-13,22,24H,1,6H2,(H,21,23)/b12-11+,20-13?. The van der Waals surface area contributed by atoms with Crippen molar-refractivity contribution in [1.29, 1.82) is 0 Å². The van der Waals surface area contributed by atoms with Gasteiger partial charge in [0, 0.05) is 17.2 Å². The Labute approximate surface area is 140 Å². The van der Waals surface area contributed by atoms with Gasteiger partial charge in [-0.1, -0.05) is 36.4 Å². The summed E-state index contributed by atoms with van der Waals surface area (Å²) in [5, 5.41) is 23.5. The Balaban J connectivity index is 1.99. The van der Waals surface area contributed by atoms with Crippen LogP contribution in [0, 0.1) is 0 Å². The van der Waals surface area contributed by atoms with Crippen molar-refractivity contribution in [2.24, 2.45) is 5.10 Å². The van der Waals surface area contributed by atoms with Crippen LogP contribution in [0.25, 0.3) is 6.08 Å². The number of benzene rings is 2. The van der Waals surface area contributed by atoms with E-state index in [1.54, 1.807) is 42.5 Å². The average molecular weight is 322 g/mol. The van der Waals surface area contributed by atoms with E-state index < -0.39 is 5.91 Å². The van der Waals surface area contributed by atoms with Gasteiger partial charge in [-0.05, 0) is 30.2 Å². The quantitative estimate of drug-likeness (QED) is 0.331. The van der Waals surface area contributed by atoms with Crippen LogP contribution in [-0.4, -0.2) is 22.3 Å². The summed E-state index contributed by atoms with van der Waals surface area (Å²) < 4.78 is 0. The number of hydrogen-bond acceptors (Lipinski definition) is 4. The number of para-hydroxylation sites is 2. The molecule has 0 heterocycles. The highest BCUT2D eigenvalue weighted by atomic mass is 16.3. The molecule has 2 aromatic carbocycles. The lowest BCUT2D eigenvalue weighted by Crippen LogP contribution is -2.14. The molecule has 2 rings (SSSR count). The molecule has 0 atom stereocenters. The maximum Gasteiger partial charge on any atom is 0.264 e. The van der Waals surface area contributed by atoms with E-state index in [0.29, 0.717) is 17.5 Å². The van der Waals surface area contributed by atoms with E-state index in [0.717, 1.165) is 5.56 Å². The Morgan fingerprint density at radius 2 is 1.88 bits per heavy atom. The van der Waals surface area contributed by atoms with E-state index in [4.69, 9.17) is 0 Å². The minimum Gasteiger partial charge on any atom is -0.507 e. The Morgan fingerprint density at radius 1 is 1.12 bits per heavy atom. The van der Waals surface area contributed by atoms with Crippen molar-refractivity contribution < 1.29 is 15.0 Å². The van der Waals surface area contributed by atoms with Crippen LogP contribution in [0.5, 0.6) is 11.5 Å². The number of aromatic hydroxyl groups is 2. The predicted molar refractivity (Wildman–Crippen MR) is 94.9 cm³/mol. The Kier molecular flexibility index (Phi) is 5.91. The highest BCUT2D eigenvalue weighted by molar-refractivity contribution is 5.93. The summed E-state index contributed by atoms with van der Waals surface area (Å²) in [5.74, 6) is -0.245. The fourth-order valence-electron chi connectivity index (χ4n) is 2.03. The smallest absolute Gasteiger partial charge is 0.264 e. The molecule has 5 heteroatoms. The van der Waals surface area contributed by atoms with Gasteiger partial charge >= 0.3 is 0 Å². The summed E-state index contributed by atoms with van der Waals surface area (Å²) in [4.78, 5) is 11.7. The number of carbonyl (C=O) groups excluding carboxylic acids is 1. The number of carbonyl (C=O) groups is 1. The van der Waals surface area contributed by atoms with Crippen molar-refractivity contribution >= 4 is 18.2 Å². The first kappa shape index (κ1) is 17.0. The summed E-state index contributed by atoms with van der Waals surface area (Å²) in [6.45, 7) is 3.64. The van der Waals surface area contributed by atoms with Crippen LogP contribution < -0.4 is 5.43 Å². The van der Waals surface area contributed by atoms with Crippen molar-refractivity contribution in [2.75, 3.05) is 0 Å². The fourth-order valence-corrected chi connectivity index (χ4v) is 2.03. The third kappa shape index (κ3) is 4.58. The number of phenolic OH excluding ortho intramolecular Hbond substituents is 2. The predicted octanol–water partition coefficient (Wildman–Crippen LogP) is 2.99. The van der Waals surface area contributed by atoms with Crippen LogP contribution in [0.4, 0.5) is 0 Å². The summed E-state index contributed by atoms with van der Waals surface area (Å²) in [6.07, 6.45) is 6.36. The van der Waals surface area contributed by atoms with Crippen LogP contribution in [0.2, 0.25) is 0 Å². The maximum absolute atomic E-state index is 11.7. The number of rotatable bonds is 6. The maximum atomic E-state index is 11.7. The van der Waals surface area contributed by atoms with Gasteiger partial charge in [0.15, 0.2) is 0 Å². The molecule has 122 valence electrons. The molecular weight excluding hydrogens is 304 g/mol. The van der Waals surface area contributed by atoms with Crippen LogP contribution in [0.3, 0.4) is 0 Å². The van der Waals surface area contributed by atoms with Gasteiger partial charge in [0.2, 0.25) is 0 Å². The topological polar surface area (TPSA) is 81.9 Å². The van der Waals surface area contributed by atoms with E-state index in [-0.39, 0.29) is 11.5 Å². The van der Waals surface area contributed by atoms with Crippen molar-refractivity contribution in [3.05, 3.63) is 77.9 Å². The van der Waals surface area contributed by atoms with E-state index in [1.807, 2.05) is 0 Å². The van der Waals surface area contributed by atoms with Crippen molar-refractivity contribution in [3.63, 3.8) is 0 Å². The van der Waals surface area contributed by atoms with Gasteiger partial charge < -0.3 is 10.2 Å². The van der Waals surface area contributed by atoms with Gasteiger partial charge in [0.1, 0.15) is 11.5 Å². The average Bonchev–Trinajstić information content (AvgIpc) is 2.57. The van der Waals surface area contributed by atoms with Crippen molar-refractivity contribution in [3.8, 4) is 11.5 Å². The van der Waals surface area contributed by atoms with E-state index >= 15 is 0 Å². The Bertz CT molecular complexity index is 795. The molecule has 24 heavy (non-hydrogen) atoms. The van der Waals surface area contributed by atoms with Crippen molar-refractivity contribution in [2.45, 2.75) is 6.42 Å². The molecule has 0 unspecified atom stereocenters. The molecule has 0 saturated carbocycles. The minimum atomic E-state index is -0.448. The molecule has 5 nitrogen and oxygen atoms in total. The van der Waals surface area contributed by atoms with E-state index in [1.165, 1.54) is 24.4 Å². The van der Waals surface area contributed by atoms with Gasteiger partial charge in [-0.2, -0.15) is 5.10 Å². The number of allylic oxidation sites excluding steroid dienone is 1. The molecule has 0 spiro atoms. The molecule has 0 aromatic heterocycles.